The number of hydrogen-bond donors (Lipinski definition) is 0. The van der Waals surface area contributed by atoms with Gasteiger partial charge in [-0.2, -0.15) is 0 Å². The topological polar surface area (TPSA) is 30.2 Å². The third-order valence-corrected chi connectivity index (χ3v) is 3.24. The van der Waals surface area contributed by atoms with Crippen molar-refractivity contribution in [2.75, 3.05) is 0 Å². The van der Waals surface area contributed by atoms with E-state index in [1.165, 1.54) is 0 Å². The summed E-state index contributed by atoms with van der Waals surface area (Å²) < 4.78 is 1.89. The summed E-state index contributed by atoms with van der Waals surface area (Å²) in [6.07, 6.45) is 2.57. The fourth-order valence-corrected chi connectivity index (χ4v) is 2.30. The average molecular weight is 278 g/mol. The molecule has 3 aromatic rings. The third-order valence-electron chi connectivity index (χ3n) is 2.71. The largest absolute Gasteiger partial charge is 0.285 e. The van der Waals surface area contributed by atoms with E-state index < -0.39 is 0 Å². The first-order valence-electron chi connectivity index (χ1n) is 5.46. The van der Waals surface area contributed by atoms with Crippen LogP contribution in [-0.2, 0) is 6.42 Å². The molecule has 0 N–H and O–H groups in total. The molecular formula is C13H9Cl2N3. The molecule has 0 aliphatic carbocycles. The average Bonchev–Trinajstić information content (AvgIpc) is 2.74. The number of hydrogen-bond acceptors (Lipinski definition) is 2. The van der Waals surface area contributed by atoms with Gasteiger partial charge in [0.05, 0.1) is 5.02 Å². The molecule has 5 heteroatoms. The summed E-state index contributed by atoms with van der Waals surface area (Å²) in [4.78, 5) is 0. The minimum Gasteiger partial charge on any atom is -0.285 e. The van der Waals surface area contributed by atoms with Gasteiger partial charge in [0.1, 0.15) is 5.82 Å². The zero-order chi connectivity index (χ0) is 12.5. The molecule has 0 atom stereocenters. The van der Waals surface area contributed by atoms with Gasteiger partial charge < -0.3 is 0 Å². The van der Waals surface area contributed by atoms with Gasteiger partial charge in [-0.3, -0.25) is 4.40 Å². The molecule has 0 unspecified atom stereocenters. The maximum absolute atomic E-state index is 6.05. The van der Waals surface area contributed by atoms with Crippen LogP contribution in [0.1, 0.15) is 11.4 Å². The van der Waals surface area contributed by atoms with Crippen LogP contribution in [0.2, 0.25) is 10.0 Å². The van der Waals surface area contributed by atoms with Crippen LogP contribution in [0.5, 0.6) is 0 Å². The number of pyridine rings is 1. The molecule has 3 nitrogen and oxygen atoms in total. The molecule has 2 aromatic heterocycles. The molecule has 0 aliphatic rings. The predicted molar refractivity (Wildman–Crippen MR) is 72.3 cm³/mol. The van der Waals surface area contributed by atoms with Crippen LogP contribution in [-0.4, -0.2) is 14.6 Å². The van der Waals surface area contributed by atoms with Gasteiger partial charge in [-0.25, -0.2) is 0 Å². The molecule has 18 heavy (non-hydrogen) atoms. The van der Waals surface area contributed by atoms with Crippen LogP contribution < -0.4 is 0 Å². The molecular weight excluding hydrogens is 269 g/mol. The quantitative estimate of drug-likeness (QED) is 0.716. The van der Waals surface area contributed by atoms with E-state index in [4.69, 9.17) is 23.2 Å². The van der Waals surface area contributed by atoms with Crippen molar-refractivity contribution in [3.05, 3.63) is 64.0 Å². The first-order chi connectivity index (χ1) is 8.74. The Kier molecular flexibility index (Phi) is 2.94. The maximum atomic E-state index is 6.05. The Morgan fingerprint density at radius 1 is 1.06 bits per heavy atom. The van der Waals surface area contributed by atoms with Crippen molar-refractivity contribution in [2.24, 2.45) is 0 Å². The second-order valence-corrected chi connectivity index (χ2v) is 4.82. The lowest BCUT2D eigenvalue weighted by atomic mass is 10.1. The highest BCUT2D eigenvalue weighted by molar-refractivity contribution is 6.33. The summed E-state index contributed by atoms with van der Waals surface area (Å²) >= 11 is 12.0. The van der Waals surface area contributed by atoms with Gasteiger partial charge in [-0.05, 0) is 29.8 Å². The highest BCUT2D eigenvalue weighted by Crippen LogP contribution is 2.18. The molecule has 0 spiro atoms. The van der Waals surface area contributed by atoms with Crippen molar-refractivity contribution in [1.82, 2.24) is 14.6 Å². The van der Waals surface area contributed by atoms with E-state index in [-0.39, 0.29) is 0 Å². The highest BCUT2D eigenvalue weighted by Gasteiger charge is 2.08. The number of benzene rings is 1. The Morgan fingerprint density at radius 3 is 2.78 bits per heavy atom. The zero-order valence-electron chi connectivity index (χ0n) is 9.35. The van der Waals surface area contributed by atoms with Gasteiger partial charge in [0.25, 0.3) is 0 Å². The van der Waals surface area contributed by atoms with Crippen LogP contribution in [0.3, 0.4) is 0 Å². The van der Waals surface area contributed by atoms with E-state index in [0.717, 1.165) is 16.4 Å². The number of fused-ring (bicyclic) bond motifs is 1. The highest BCUT2D eigenvalue weighted by atomic mass is 35.5. The monoisotopic (exact) mass is 277 g/mol. The number of nitrogens with zero attached hydrogens (tertiary/aromatic N) is 3. The number of rotatable bonds is 2. The van der Waals surface area contributed by atoms with Crippen molar-refractivity contribution in [2.45, 2.75) is 6.42 Å². The lowest BCUT2D eigenvalue weighted by molar-refractivity contribution is 0.934. The Morgan fingerprint density at radius 2 is 1.94 bits per heavy atom. The van der Waals surface area contributed by atoms with Crippen LogP contribution in [0.25, 0.3) is 5.65 Å². The number of halogens is 2. The zero-order valence-corrected chi connectivity index (χ0v) is 10.9. The summed E-state index contributed by atoms with van der Waals surface area (Å²) in [6.45, 7) is 0. The van der Waals surface area contributed by atoms with E-state index in [9.17, 15) is 0 Å². The Bertz CT molecular complexity index is 706. The molecule has 2 heterocycles. The van der Waals surface area contributed by atoms with E-state index in [0.29, 0.717) is 17.1 Å². The van der Waals surface area contributed by atoms with Crippen LogP contribution in [0.4, 0.5) is 0 Å². The molecule has 90 valence electrons. The molecule has 1 aromatic carbocycles. The SMILES string of the molecule is Clc1cccc(Cc2nnc3c(Cl)cccn23)c1. The minimum absolute atomic E-state index is 0.599. The van der Waals surface area contributed by atoms with Gasteiger partial charge in [-0.15, -0.1) is 10.2 Å². The third kappa shape index (κ3) is 2.07. The summed E-state index contributed by atoms with van der Waals surface area (Å²) in [5.41, 5.74) is 1.77. The van der Waals surface area contributed by atoms with Gasteiger partial charge >= 0.3 is 0 Å². The first kappa shape index (κ1) is 11.5. The van der Waals surface area contributed by atoms with Gasteiger partial charge in [-0.1, -0.05) is 35.3 Å². The van der Waals surface area contributed by atoms with Crippen molar-refractivity contribution in [3.8, 4) is 0 Å². The molecule has 0 fully saturated rings. The second kappa shape index (κ2) is 4.59. The fraction of sp³-hybridized carbons (Fsp3) is 0.0769. The standard InChI is InChI=1S/C13H9Cl2N3/c14-10-4-1-3-9(7-10)8-12-16-17-13-11(15)5-2-6-18(12)13/h1-7H,8H2. The lowest BCUT2D eigenvalue weighted by Crippen LogP contribution is -1.96. The molecule has 0 amide bonds. The lowest BCUT2D eigenvalue weighted by Gasteiger charge is -2.01. The van der Waals surface area contributed by atoms with Crippen molar-refractivity contribution >= 4 is 28.8 Å². The van der Waals surface area contributed by atoms with E-state index in [1.54, 1.807) is 6.07 Å². The van der Waals surface area contributed by atoms with Crippen LogP contribution in [0.15, 0.2) is 42.6 Å². The summed E-state index contributed by atoms with van der Waals surface area (Å²) in [7, 11) is 0. The van der Waals surface area contributed by atoms with Gasteiger partial charge in [0.15, 0.2) is 5.65 Å². The molecule has 0 saturated heterocycles. The minimum atomic E-state index is 0.599. The smallest absolute Gasteiger partial charge is 0.179 e. The molecule has 0 aliphatic heterocycles. The Labute approximate surface area is 114 Å². The first-order valence-corrected chi connectivity index (χ1v) is 6.22. The molecule has 0 radical (unpaired) electrons. The second-order valence-electron chi connectivity index (χ2n) is 3.97. The van der Waals surface area contributed by atoms with Crippen molar-refractivity contribution in [3.63, 3.8) is 0 Å². The van der Waals surface area contributed by atoms with Crippen LogP contribution in [0, 0.1) is 0 Å². The Balaban J connectivity index is 2.03. The predicted octanol–water partition coefficient (Wildman–Crippen LogP) is 3.63. The Hall–Kier alpha value is -1.58. The molecule has 0 bridgehead atoms. The summed E-state index contributed by atoms with van der Waals surface area (Å²) in [6, 6.07) is 11.4. The molecule has 3 rings (SSSR count). The molecule has 0 saturated carbocycles. The van der Waals surface area contributed by atoms with Crippen LogP contribution >= 0.6 is 23.2 Å². The van der Waals surface area contributed by atoms with E-state index in [2.05, 4.69) is 10.2 Å². The van der Waals surface area contributed by atoms with Crippen molar-refractivity contribution in [1.29, 1.82) is 0 Å². The van der Waals surface area contributed by atoms with E-state index in [1.807, 2.05) is 40.9 Å². The van der Waals surface area contributed by atoms with E-state index >= 15 is 0 Å². The summed E-state index contributed by atoms with van der Waals surface area (Å²) in [5, 5.41) is 9.57. The maximum Gasteiger partial charge on any atom is 0.179 e. The van der Waals surface area contributed by atoms with Crippen molar-refractivity contribution < 1.29 is 0 Å². The summed E-state index contributed by atoms with van der Waals surface area (Å²) in [5.74, 6) is 0.842. The number of aromatic nitrogens is 3. The fourth-order valence-electron chi connectivity index (χ4n) is 1.88. The normalized spacial score (nSPS) is 11.0. The van der Waals surface area contributed by atoms with Gasteiger partial charge in [0.2, 0.25) is 0 Å². The van der Waals surface area contributed by atoms with Gasteiger partial charge in [0, 0.05) is 17.6 Å².